The summed E-state index contributed by atoms with van der Waals surface area (Å²) in [6, 6.07) is 10.3. The normalized spacial score (nSPS) is 14.8. The number of sulfonamides is 1. The molecule has 31 heavy (non-hydrogen) atoms. The van der Waals surface area contributed by atoms with Crippen molar-refractivity contribution in [2.24, 2.45) is 5.14 Å². The fourth-order valence-electron chi connectivity index (χ4n) is 3.71. The first-order valence-electron chi connectivity index (χ1n) is 10.2. The van der Waals surface area contributed by atoms with Gasteiger partial charge >= 0.3 is 0 Å². The van der Waals surface area contributed by atoms with Gasteiger partial charge in [0.1, 0.15) is 11.6 Å². The number of primary sulfonamides is 1. The van der Waals surface area contributed by atoms with Crippen LogP contribution in [0.5, 0.6) is 0 Å². The summed E-state index contributed by atoms with van der Waals surface area (Å²) in [7, 11) is -3.73. The number of fused-ring (bicyclic) bond motifs is 1. The zero-order chi connectivity index (χ0) is 21.8. The Morgan fingerprint density at radius 1 is 1.16 bits per heavy atom. The predicted molar refractivity (Wildman–Crippen MR) is 115 cm³/mol. The quantitative estimate of drug-likeness (QED) is 0.558. The van der Waals surface area contributed by atoms with E-state index in [2.05, 4.69) is 15.0 Å². The van der Waals surface area contributed by atoms with E-state index in [1.165, 1.54) is 6.07 Å². The molecule has 9 nitrogen and oxygen atoms in total. The molecule has 1 saturated heterocycles. The van der Waals surface area contributed by atoms with Crippen LogP contribution in [0.25, 0.3) is 5.65 Å². The van der Waals surface area contributed by atoms with E-state index in [0.29, 0.717) is 38.1 Å². The lowest BCUT2D eigenvalue weighted by molar-refractivity contribution is -0.118. The van der Waals surface area contributed by atoms with Gasteiger partial charge in [0, 0.05) is 38.1 Å². The molecule has 1 aromatic carbocycles. The molecular weight excluding hydrogens is 418 g/mol. The molecule has 1 fully saturated rings. The van der Waals surface area contributed by atoms with Crippen LogP contribution in [0, 0.1) is 0 Å². The van der Waals surface area contributed by atoms with E-state index in [1.807, 2.05) is 18.2 Å². The molecular formula is C21H25N5O4S. The lowest BCUT2D eigenvalue weighted by atomic mass is 10.0. The molecule has 0 saturated carbocycles. The topological polar surface area (TPSA) is 120 Å². The van der Waals surface area contributed by atoms with Crippen LogP contribution >= 0.6 is 0 Å². The zero-order valence-electron chi connectivity index (χ0n) is 17.1. The highest BCUT2D eigenvalue weighted by Crippen LogP contribution is 2.19. The van der Waals surface area contributed by atoms with Gasteiger partial charge in [0.25, 0.3) is 0 Å². The second kappa shape index (κ2) is 9.13. The standard InChI is InChI=1S/C21H25N5O4S/c22-31(28,29)19-6-2-4-16(13-19)3-1-5-18(27)14-17-15-21(25-9-11-30-12-10-25)26-20(24-17)7-8-23-26/h2,4,6-8,13,15H,1,3,5,9-12,14H2,(H2,22,28,29). The largest absolute Gasteiger partial charge is 0.378 e. The number of Topliss-reactive ketones (excluding diaryl/α,β-unsaturated/α-hetero) is 1. The Balaban J connectivity index is 1.40. The van der Waals surface area contributed by atoms with Crippen molar-refractivity contribution in [2.75, 3.05) is 31.2 Å². The first kappa shape index (κ1) is 21.4. The third-order valence-corrected chi connectivity index (χ3v) is 6.17. The van der Waals surface area contributed by atoms with Crippen LogP contribution in [0.4, 0.5) is 5.82 Å². The maximum Gasteiger partial charge on any atom is 0.238 e. The molecule has 2 N–H and O–H groups in total. The number of rotatable bonds is 8. The summed E-state index contributed by atoms with van der Waals surface area (Å²) in [5.41, 5.74) is 2.27. The summed E-state index contributed by atoms with van der Waals surface area (Å²) in [4.78, 5) is 19.4. The van der Waals surface area contributed by atoms with E-state index in [4.69, 9.17) is 9.88 Å². The van der Waals surface area contributed by atoms with Crippen molar-refractivity contribution in [3.63, 3.8) is 0 Å². The highest BCUT2D eigenvalue weighted by molar-refractivity contribution is 7.89. The summed E-state index contributed by atoms with van der Waals surface area (Å²) < 4.78 is 30.2. The molecule has 0 aliphatic carbocycles. The number of nitrogens with zero attached hydrogens (tertiary/aromatic N) is 4. The number of benzene rings is 1. The van der Waals surface area contributed by atoms with E-state index in [-0.39, 0.29) is 17.1 Å². The third kappa shape index (κ3) is 5.27. The molecule has 1 aliphatic heterocycles. The molecule has 2 aromatic heterocycles. The lowest BCUT2D eigenvalue weighted by Gasteiger charge is -2.29. The van der Waals surface area contributed by atoms with E-state index >= 15 is 0 Å². The van der Waals surface area contributed by atoms with Crippen molar-refractivity contribution < 1.29 is 17.9 Å². The molecule has 1 aliphatic rings. The number of ether oxygens (including phenoxy) is 1. The first-order valence-corrected chi connectivity index (χ1v) is 11.7. The molecule has 3 aromatic rings. The average Bonchev–Trinajstić information content (AvgIpc) is 3.22. The van der Waals surface area contributed by atoms with Crippen molar-refractivity contribution in [3.8, 4) is 0 Å². The predicted octanol–water partition coefficient (Wildman–Crippen LogP) is 1.35. The van der Waals surface area contributed by atoms with Crippen LogP contribution in [-0.2, 0) is 32.4 Å². The molecule has 4 rings (SSSR count). The number of carbonyl (C=O) groups is 1. The summed E-state index contributed by atoms with van der Waals surface area (Å²) in [6.07, 6.45) is 3.56. The second-order valence-corrected chi connectivity index (χ2v) is 9.13. The van der Waals surface area contributed by atoms with Gasteiger partial charge in [-0.1, -0.05) is 12.1 Å². The number of hydrogen-bond donors (Lipinski definition) is 1. The summed E-state index contributed by atoms with van der Waals surface area (Å²) >= 11 is 0. The number of carbonyl (C=O) groups excluding carboxylic acids is 1. The van der Waals surface area contributed by atoms with E-state index < -0.39 is 10.0 Å². The van der Waals surface area contributed by atoms with Crippen molar-refractivity contribution in [2.45, 2.75) is 30.6 Å². The van der Waals surface area contributed by atoms with Crippen LogP contribution in [-0.4, -0.2) is 55.1 Å². The van der Waals surface area contributed by atoms with Crippen LogP contribution in [0.3, 0.4) is 0 Å². The molecule has 0 unspecified atom stereocenters. The van der Waals surface area contributed by atoms with Gasteiger partial charge in [0.15, 0.2) is 5.65 Å². The number of aryl methyl sites for hydroxylation is 1. The molecule has 0 radical (unpaired) electrons. The Labute approximate surface area is 180 Å². The number of hydrogen-bond acceptors (Lipinski definition) is 7. The van der Waals surface area contributed by atoms with Crippen molar-refractivity contribution in [3.05, 3.63) is 53.9 Å². The fraction of sp³-hybridized carbons (Fsp3) is 0.381. The molecule has 164 valence electrons. The fourth-order valence-corrected chi connectivity index (χ4v) is 4.30. The summed E-state index contributed by atoms with van der Waals surface area (Å²) in [6.45, 7) is 2.85. The van der Waals surface area contributed by atoms with Gasteiger partial charge in [0.2, 0.25) is 10.0 Å². The number of aromatic nitrogens is 3. The van der Waals surface area contributed by atoms with Crippen LogP contribution in [0.15, 0.2) is 47.5 Å². The van der Waals surface area contributed by atoms with Crippen LogP contribution in [0.2, 0.25) is 0 Å². The van der Waals surface area contributed by atoms with Gasteiger partial charge in [-0.2, -0.15) is 9.61 Å². The highest BCUT2D eigenvalue weighted by Gasteiger charge is 2.17. The SMILES string of the molecule is NS(=O)(=O)c1cccc(CCCC(=O)Cc2cc(N3CCOCC3)n3nccc3n2)c1. The molecule has 3 heterocycles. The average molecular weight is 444 g/mol. The Hall–Kier alpha value is -2.82. The Morgan fingerprint density at radius 3 is 2.74 bits per heavy atom. The van der Waals surface area contributed by atoms with Crippen LogP contribution in [0.1, 0.15) is 24.1 Å². The minimum Gasteiger partial charge on any atom is -0.378 e. The number of ketones is 1. The lowest BCUT2D eigenvalue weighted by Crippen LogP contribution is -2.37. The molecule has 0 amide bonds. The molecule has 0 spiro atoms. The van der Waals surface area contributed by atoms with Gasteiger partial charge in [-0.3, -0.25) is 4.79 Å². The van der Waals surface area contributed by atoms with Gasteiger partial charge < -0.3 is 9.64 Å². The summed E-state index contributed by atoms with van der Waals surface area (Å²) in [5.74, 6) is 1.01. The van der Waals surface area contributed by atoms with Gasteiger partial charge in [-0.15, -0.1) is 0 Å². The minimum absolute atomic E-state index is 0.0882. The van der Waals surface area contributed by atoms with Crippen molar-refractivity contribution >= 4 is 27.3 Å². The smallest absolute Gasteiger partial charge is 0.238 e. The monoisotopic (exact) mass is 443 g/mol. The van der Waals surface area contributed by atoms with Crippen LogP contribution < -0.4 is 10.0 Å². The van der Waals surface area contributed by atoms with E-state index in [1.54, 1.807) is 22.8 Å². The molecule has 0 atom stereocenters. The van der Waals surface area contributed by atoms with Gasteiger partial charge in [-0.05, 0) is 30.5 Å². The first-order chi connectivity index (χ1) is 14.9. The maximum atomic E-state index is 12.6. The Bertz CT molecular complexity index is 1190. The number of morpholine rings is 1. The number of nitrogens with two attached hydrogens (primary N) is 1. The second-order valence-electron chi connectivity index (χ2n) is 7.57. The van der Waals surface area contributed by atoms with Crippen molar-refractivity contribution in [1.82, 2.24) is 14.6 Å². The molecule has 0 bridgehead atoms. The maximum absolute atomic E-state index is 12.6. The van der Waals surface area contributed by atoms with E-state index in [0.717, 1.165) is 30.2 Å². The molecule has 10 heteroatoms. The van der Waals surface area contributed by atoms with Crippen molar-refractivity contribution in [1.29, 1.82) is 0 Å². The van der Waals surface area contributed by atoms with Gasteiger partial charge in [-0.25, -0.2) is 18.5 Å². The van der Waals surface area contributed by atoms with E-state index in [9.17, 15) is 13.2 Å². The zero-order valence-corrected chi connectivity index (χ0v) is 17.9. The Kier molecular flexibility index (Phi) is 6.30. The minimum atomic E-state index is -3.73. The Morgan fingerprint density at radius 2 is 1.97 bits per heavy atom. The highest BCUT2D eigenvalue weighted by atomic mass is 32.2. The number of anilines is 1. The van der Waals surface area contributed by atoms with Gasteiger partial charge in [0.05, 0.1) is 30.0 Å². The third-order valence-electron chi connectivity index (χ3n) is 5.26. The summed E-state index contributed by atoms with van der Waals surface area (Å²) in [5, 5.41) is 9.54.